The number of halogens is 2. The van der Waals surface area contributed by atoms with Crippen molar-refractivity contribution in [2.24, 2.45) is 0 Å². The lowest BCUT2D eigenvalue weighted by molar-refractivity contribution is -0.384. The number of amides is 1. The summed E-state index contributed by atoms with van der Waals surface area (Å²) in [6, 6.07) is 19.7. The van der Waals surface area contributed by atoms with Crippen LogP contribution < -0.4 is 10.1 Å². The van der Waals surface area contributed by atoms with Crippen molar-refractivity contribution >= 4 is 40.6 Å². The molecule has 0 saturated heterocycles. The highest BCUT2D eigenvalue weighted by atomic mass is 35.5. The zero-order chi connectivity index (χ0) is 24.1. The van der Waals surface area contributed by atoms with Gasteiger partial charge in [0.15, 0.2) is 5.82 Å². The van der Waals surface area contributed by atoms with E-state index < -0.39 is 4.92 Å². The minimum Gasteiger partial charge on any atom is -0.489 e. The van der Waals surface area contributed by atoms with Gasteiger partial charge in [-0.25, -0.2) is 0 Å². The molecule has 1 amide bonds. The fourth-order valence-electron chi connectivity index (χ4n) is 3.16. The van der Waals surface area contributed by atoms with Crippen LogP contribution >= 0.6 is 23.2 Å². The van der Waals surface area contributed by atoms with Crippen molar-refractivity contribution in [3.63, 3.8) is 0 Å². The molecular formula is C24H18Cl2N4O4. The monoisotopic (exact) mass is 496 g/mol. The van der Waals surface area contributed by atoms with E-state index in [1.165, 1.54) is 24.3 Å². The van der Waals surface area contributed by atoms with Crippen molar-refractivity contribution in [3.8, 4) is 5.75 Å². The molecule has 34 heavy (non-hydrogen) atoms. The molecule has 0 aliphatic rings. The third-order valence-electron chi connectivity index (χ3n) is 4.87. The Morgan fingerprint density at radius 2 is 1.85 bits per heavy atom. The van der Waals surface area contributed by atoms with E-state index in [-0.39, 0.29) is 18.2 Å². The predicted octanol–water partition coefficient (Wildman–Crippen LogP) is 5.98. The predicted molar refractivity (Wildman–Crippen MR) is 130 cm³/mol. The minimum absolute atomic E-state index is 0.00951. The number of ether oxygens (including phenoxy) is 1. The molecule has 10 heteroatoms. The second-order valence-electron chi connectivity index (χ2n) is 7.33. The Labute approximate surface area is 204 Å². The van der Waals surface area contributed by atoms with Gasteiger partial charge in [-0.2, -0.15) is 5.10 Å². The van der Waals surface area contributed by atoms with Gasteiger partial charge >= 0.3 is 0 Å². The molecule has 1 N–H and O–H groups in total. The average Bonchev–Trinajstić information content (AvgIpc) is 3.26. The third kappa shape index (κ3) is 5.92. The molecule has 1 heterocycles. The Morgan fingerprint density at radius 3 is 2.59 bits per heavy atom. The molecule has 0 aliphatic carbocycles. The van der Waals surface area contributed by atoms with Gasteiger partial charge in [0.25, 0.3) is 11.6 Å². The summed E-state index contributed by atoms with van der Waals surface area (Å²) < 4.78 is 7.33. The van der Waals surface area contributed by atoms with Gasteiger partial charge in [-0.3, -0.25) is 19.6 Å². The van der Waals surface area contributed by atoms with E-state index >= 15 is 0 Å². The van der Waals surface area contributed by atoms with Crippen LogP contribution in [0.25, 0.3) is 0 Å². The van der Waals surface area contributed by atoms with Gasteiger partial charge < -0.3 is 10.1 Å². The standard InChI is InChI=1S/C24H18Cl2N4O4/c25-19-5-4-18(22(26)13-19)14-29-11-10-23(28-29)27-24(31)17-3-1-2-16(12-17)15-34-21-8-6-20(7-9-21)30(32)33/h1-13H,14-15H2,(H,27,28,31). The summed E-state index contributed by atoms with van der Waals surface area (Å²) in [5.41, 5.74) is 2.06. The first-order chi connectivity index (χ1) is 16.4. The summed E-state index contributed by atoms with van der Waals surface area (Å²) in [6.07, 6.45) is 1.75. The topological polar surface area (TPSA) is 99.3 Å². The summed E-state index contributed by atoms with van der Waals surface area (Å²) in [5, 5.41) is 19.0. The SMILES string of the molecule is O=C(Nc1ccn(Cc2ccc(Cl)cc2Cl)n1)c1cccc(COc2ccc([N+](=O)[O-])cc2)c1. The van der Waals surface area contributed by atoms with Crippen LogP contribution in [0.15, 0.2) is 79.0 Å². The molecule has 0 atom stereocenters. The third-order valence-corrected chi connectivity index (χ3v) is 5.46. The van der Waals surface area contributed by atoms with Gasteiger partial charge in [-0.1, -0.05) is 41.4 Å². The molecule has 0 saturated carbocycles. The van der Waals surface area contributed by atoms with Crippen LogP contribution in [0.1, 0.15) is 21.5 Å². The molecular weight excluding hydrogens is 479 g/mol. The van der Waals surface area contributed by atoms with E-state index in [0.717, 1.165) is 11.1 Å². The molecule has 0 unspecified atom stereocenters. The van der Waals surface area contributed by atoms with Gasteiger partial charge in [0.1, 0.15) is 12.4 Å². The fourth-order valence-corrected chi connectivity index (χ4v) is 3.63. The van der Waals surface area contributed by atoms with Crippen LogP contribution in [-0.2, 0) is 13.2 Å². The van der Waals surface area contributed by atoms with Gasteiger partial charge in [0.2, 0.25) is 0 Å². The minimum atomic E-state index is -0.470. The highest BCUT2D eigenvalue weighted by Gasteiger charge is 2.11. The second kappa shape index (κ2) is 10.4. The van der Waals surface area contributed by atoms with Gasteiger partial charge in [-0.05, 0) is 47.5 Å². The van der Waals surface area contributed by atoms with Crippen LogP contribution in [-0.4, -0.2) is 20.6 Å². The molecule has 0 fully saturated rings. The number of non-ortho nitro benzene ring substituents is 1. The molecule has 0 spiro atoms. The average molecular weight is 497 g/mol. The lowest BCUT2D eigenvalue weighted by Gasteiger charge is -2.08. The molecule has 1 aromatic heterocycles. The molecule has 3 aromatic carbocycles. The van der Waals surface area contributed by atoms with E-state index in [1.54, 1.807) is 47.3 Å². The van der Waals surface area contributed by atoms with Crippen LogP contribution in [0.5, 0.6) is 5.75 Å². The summed E-state index contributed by atoms with van der Waals surface area (Å²) in [5.74, 6) is 0.585. The molecule has 4 aromatic rings. The number of nitro benzene ring substituents is 1. The zero-order valence-electron chi connectivity index (χ0n) is 17.7. The summed E-state index contributed by atoms with van der Waals surface area (Å²) in [4.78, 5) is 23.0. The van der Waals surface area contributed by atoms with Gasteiger partial charge in [-0.15, -0.1) is 0 Å². The quantitative estimate of drug-likeness (QED) is 0.239. The van der Waals surface area contributed by atoms with Gasteiger partial charge in [0.05, 0.1) is 11.5 Å². The summed E-state index contributed by atoms with van der Waals surface area (Å²) >= 11 is 12.2. The molecule has 172 valence electrons. The highest BCUT2D eigenvalue weighted by molar-refractivity contribution is 6.35. The maximum Gasteiger partial charge on any atom is 0.269 e. The highest BCUT2D eigenvalue weighted by Crippen LogP contribution is 2.22. The largest absolute Gasteiger partial charge is 0.489 e. The first-order valence-electron chi connectivity index (χ1n) is 10.1. The Bertz CT molecular complexity index is 1340. The number of hydrogen-bond acceptors (Lipinski definition) is 5. The lowest BCUT2D eigenvalue weighted by Crippen LogP contribution is -2.13. The summed E-state index contributed by atoms with van der Waals surface area (Å²) in [6.45, 7) is 0.636. The molecule has 4 rings (SSSR count). The maximum absolute atomic E-state index is 12.7. The normalized spacial score (nSPS) is 10.6. The molecule has 0 bridgehead atoms. The number of anilines is 1. The number of nitrogens with one attached hydrogen (secondary N) is 1. The number of rotatable bonds is 8. The van der Waals surface area contributed by atoms with Crippen LogP contribution in [0.2, 0.25) is 10.0 Å². The number of nitro groups is 1. The molecule has 8 nitrogen and oxygen atoms in total. The smallest absolute Gasteiger partial charge is 0.269 e. The van der Waals surface area contributed by atoms with Crippen molar-refractivity contribution in [1.82, 2.24) is 9.78 Å². The van der Waals surface area contributed by atoms with Crippen molar-refractivity contribution in [2.75, 3.05) is 5.32 Å². The number of aromatic nitrogens is 2. The number of nitrogens with zero attached hydrogens (tertiary/aromatic N) is 3. The van der Waals surface area contributed by atoms with E-state index in [0.29, 0.717) is 33.7 Å². The number of hydrogen-bond donors (Lipinski definition) is 1. The van der Waals surface area contributed by atoms with Crippen molar-refractivity contribution in [3.05, 3.63) is 116 Å². The van der Waals surface area contributed by atoms with E-state index in [4.69, 9.17) is 27.9 Å². The molecule has 0 radical (unpaired) electrons. The van der Waals surface area contributed by atoms with Crippen molar-refractivity contribution < 1.29 is 14.5 Å². The Morgan fingerprint density at radius 1 is 1.06 bits per heavy atom. The van der Waals surface area contributed by atoms with Gasteiger partial charge in [0, 0.05) is 40.0 Å². The lowest BCUT2D eigenvalue weighted by atomic mass is 10.1. The van der Waals surface area contributed by atoms with Crippen LogP contribution in [0.3, 0.4) is 0 Å². The zero-order valence-corrected chi connectivity index (χ0v) is 19.2. The number of benzene rings is 3. The van der Waals surface area contributed by atoms with Crippen LogP contribution in [0.4, 0.5) is 11.5 Å². The Kier molecular flexibility index (Phi) is 7.10. The fraction of sp³-hybridized carbons (Fsp3) is 0.0833. The van der Waals surface area contributed by atoms with E-state index in [1.807, 2.05) is 12.1 Å². The molecule has 0 aliphatic heterocycles. The van der Waals surface area contributed by atoms with E-state index in [9.17, 15) is 14.9 Å². The maximum atomic E-state index is 12.7. The van der Waals surface area contributed by atoms with Crippen molar-refractivity contribution in [1.29, 1.82) is 0 Å². The number of carbonyl (C=O) groups excluding carboxylic acids is 1. The first-order valence-corrected chi connectivity index (χ1v) is 10.9. The van der Waals surface area contributed by atoms with Crippen molar-refractivity contribution in [2.45, 2.75) is 13.2 Å². The Hall–Kier alpha value is -3.88. The second-order valence-corrected chi connectivity index (χ2v) is 8.17. The Balaban J connectivity index is 1.36. The first kappa shape index (κ1) is 23.3. The van der Waals surface area contributed by atoms with Crippen LogP contribution in [0, 0.1) is 10.1 Å². The number of carbonyl (C=O) groups is 1. The summed E-state index contributed by atoms with van der Waals surface area (Å²) in [7, 11) is 0. The van der Waals surface area contributed by atoms with E-state index in [2.05, 4.69) is 10.4 Å².